The molecule has 0 bridgehead atoms. The quantitative estimate of drug-likeness (QED) is 0.503. The van der Waals surface area contributed by atoms with E-state index in [0.717, 1.165) is 12.8 Å². The lowest BCUT2D eigenvalue weighted by molar-refractivity contribution is -0.384. The summed E-state index contributed by atoms with van der Waals surface area (Å²) < 4.78 is 0. The Morgan fingerprint density at radius 2 is 1.89 bits per heavy atom. The number of rotatable bonds is 3. The molecule has 0 saturated heterocycles. The molecule has 0 radical (unpaired) electrons. The Labute approximate surface area is 111 Å². The zero-order valence-corrected chi connectivity index (χ0v) is 10.9. The third kappa shape index (κ3) is 3.13. The second-order valence-electron chi connectivity index (χ2n) is 4.72. The summed E-state index contributed by atoms with van der Waals surface area (Å²) in [5.74, 6) is 0. The first kappa shape index (κ1) is 13.1. The van der Waals surface area contributed by atoms with Crippen molar-refractivity contribution in [1.29, 1.82) is 0 Å². The fourth-order valence-corrected chi connectivity index (χ4v) is 2.66. The molecule has 0 atom stereocenters. The molecule has 0 spiro atoms. The minimum atomic E-state index is -0.384. The number of nitro groups is 1. The topological polar surface area (TPSA) is 55.2 Å². The van der Waals surface area contributed by atoms with Gasteiger partial charge in [0.25, 0.3) is 5.69 Å². The highest BCUT2D eigenvalue weighted by atomic mass is 35.5. The van der Waals surface area contributed by atoms with Crippen LogP contribution in [0.5, 0.6) is 0 Å². The predicted octanol–water partition coefficient (Wildman–Crippen LogP) is 4.38. The van der Waals surface area contributed by atoms with Gasteiger partial charge in [0.2, 0.25) is 0 Å². The van der Waals surface area contributed by atoms with E-state index in [0.29, 0.717) is 16.8 Å². The number of halogens is 1. The summed E-state index contributed by atoms with van der Waals surface area (Å²) in [4.78, 5) is 10.6. The molecule has 1 N–H and O–H groups in total. The second kappa shape index (κ2) is 6.05. The molecule has 98 valence electrons. The maximum atomic E-state index is 11.0. The molecule has 1 aromatic rings. The summed E-state index contributed by atoms with van der Waals surface area (Å²) in [6.07, 6.45) is 6.97. The van der Waals surface area contributed by atoms with Gasteiger partial charge in [-0.3, -0.25) is 10.1 Å². The molecule has 1 fully saturated rings. The van der Waals surface area contributed by atoms with Gasteiger partial charge in [-0.2, -0.15) is 0 Å². The van der Waals surface area contributed by atoms with Crippen molar-refractivity contribution in [2.45, 2.75) is 44.6 Å². The number of benzene rings is 1. The summed E-state index contributed by atoms with van der Waals surface area (Å²) in [6.45, 7) is 0. The molecular weight excluding hydrogens is 252 g/mol. The lowest BCUT2D eigenvalue weighted by Crippen LogP contribution is -2.19. The third-order valence-corrected chi connectivity index (χ3v) is 3.71. The van der Waals surface area contributed by atoms with Crippen LogP contribution in [0.1, 0.15) is 38.5 Å². The number of hydrogen-bond donors (Lipinski definition) is 1. The van der Waals surface area contributed by atoms with Crippen molar-refractivity contribution in [1.82, 2.24) is 0 Å². The predicted molar refractivity (Wildman–Crippen MR) is 73.2 cm³/mol. The number of para-hydroxylation sites is 1. The minimum Gasteiger partial charge on any atom is -0.376 e. The number of anilines is 1. The van der Waals surface area contributed by atoms with E-state index in [4.69, 9.17) is 11.6 Å². The van der Waals surface area contributed by atoms with Gasteiger partial charge >= 0.3 is 0 Å². The summed E-state index contributed by atoms with van der Waals surface area (Å²) >= 11 is 6.07. The normalized spacial score (nSPS) is 17.2. The van der Waals surface area contributed by atoms with Crippen LogP contribution in [0.15, 0.2) is 18.2 Å². The van der Waals surface area contributed by atoms with Crippen molar-refractivity contribution in [3.8, 4) is 0 Å². The number of nitrogens with zero attached hydrogens (tertiary/aromatic N) is 1. The highest BCUT2D eigenvalue weighted by molar-refractivity contribution is 6.33. The van der Waals surface area contributed by atoms with Gasteiger partial charge in [-0.25, -0.2) is 0 Å². The first-order chi connectivity index (χ1) is 8.68. The van der Waals surface area contributed by atoms with E-state index in [2.05, 4.69) is 5.32 Å². The smallest absolute Gasteiger partial charge is 0.293 e. The monoisotopic (exact) mass is 268 g/mol. The van der Waals surface area contributed by atoms with Crippen molar-refractivity contribution in [3.05, 3.63) is 33.3 Å². The van der Waals surface area contributed by atoms with E-state index in [1.165, 1.54) is 31.7 Å². The van der Waals surface area contributed by atoms with Crippen LogP contribution in [0.2, 0.25) is 5.02 Å². The molecule has 1 saturated carbocycles. The summed E-state index contributed by atoms with van der Waals surface area (Å²) in [5, 5.41) is 14.7. The van der Waals surface area contributed by atoms with E-state index in [9.17, 15) is 10.1 Å². The van der Waals surface area contributed by atoms with E-state index < -0.39 is 0 Å². The van der Waals surface area contributed by atoms with Crippen LogP contribution >= 0.6 is 11.6 Å². The molecule has 1 aromatic carbocycles. The molecule has 0 heterocycles. The SMILES string of the molecule is O=[N+]([O-])c1cccc(Cl)c1NC1CCCCCC1. The van der Waals surface area contributed by atoms with Gasteiger partial charge < -0.3 is 5.32 Å². The molecule has 0 unspecified atom stereocenters. The van der Waals surface area contributed by atoms with Gasteiger partial charge in [0.05, 0.1) is 9.95 Å². The van der Waals surface area contributed by atoms with Gasteiger partial charge in [0.15, 0.2) is 0 Å². The first-order valence-corrected chi connectivity index (χ1v) is 6.75. The molecule has 1 aliphatic carbocycles. The van der Waals surface area contributed by atoms with Crippen LogP contribution in [-0.2, 0) is 0 Å². The molecule has 1 aliphatic rings. The number of nitro benzene ring substituents is 1. The zero-order valence-electron chi connectivity index (χ0n) is 10.2. The van der Waals surface area contributed by atoms with Crippen molar-refractivity contribution in [2.75, 3.05) is 5.32 Å². The van der Waals surface area contributed by atoms with E-state index >= 15 is 0 Å². The summed E-state index contributed by atoms with van der Waals surface area (Å²) in [6, 6.07) is 5.09. The Hall–Kier alpha value is -1.29. The van der Waals surface area contributed by atoms with Crippen molar-refractivity contribution < 1.29 is 4.92 Å². The Balaban J connectivity index is 2.19. The highest BCUT2D eigenvalue weighted by Crippen LogP contribution is 2.34. The average Bonchev–Trinajstić information content (AvgIpc) is 2.60. The first-order valence-electron chi connectivity index (χ1n) is 6.38. The molecule has 0 amide bonds. The molecule has 2 rings (SSSR count). The van der Waals surface area contributed by atoms with Gasteiger partial charge in [-0.1, -0.05) is 43.4 Å². The second-order valence-corrected chi connectivity index (χ2v) is 5.13. The van der Waals surface area contributed by atoms with Gasteiger partial charge in [0.1, 0.15) is 5.69 Å². The summed E-state index contributed by atoms with van der Waals surface area (Å²) in [5.41, 5.74) is 0.530. The lowest BCUT2D eigenvalue weighted by Gasteiger charge is -2.18. The van der Waals surface area contributed by atoms with Crippen LogP contribution in [0.4, 0.5) is 11.4 Å². The maximum absolute atomic E-state index is 11.0. The lowest BCUT2D eigenvalue weighted by atomic mass is 10.1. The fourth-order valence-electron chi connectivity index (χ4n) is 2.44. The van der Waals surface area contributed by atoms with Crippen LogP contribution < -0.4 is 5.32 Å². The van der Waals surface area contributed by atoms with Gasteiger partial charge in [-0.15, -0.1) is 0 Å². The van der Waals surface area contributed by atoms with Gasteiger partial charge in [0, 0.05) is 12.1 Å². The van der Waals surface area contributed by atoms with Gasteiger partial charge in [-0.05, 0) is 18.9 Å². The minimum absolute atomic E-state index is 0.0618. The van der Waals surface area contributed by atoms with Crippen LogP contribution in [0.3, 0.4) is 0 Å². The highest BCUT2D eigenvalue weighted by Gasteiger charge is 2.20. The van der Waals surface area contributed by atoms with E-state index in [-0.39, 0.29) is 10.6 Å². The third-order valence-electron chi connectivity index (χ3n) is 3.39. The van der Waals surface area contributed by atoms with Crippen molar-refractivity contribution >= 4 is 23.0 Å². The van der Waals surface area contributed by atoms with Crippen LogP contribution in [0, 0.1) is 10.1 Å². The molecule has 18 heavy (non-hydrogen) atoms. The molecule has 4 nitrogen and oxygen atoms in total. The van der Waals surface area contributed by atoms with Crippen molar-refractivity contribution in [3.63, 3.8) is 0 Å². The van der Waals surface area contributed by atoms with Crippen LogP contribution in [-0.4, -0.2) is 11.0 Å². The molecule has 5 heteroatoms. The average molecular weight is 269 g/mol. The largest absolute Gasteiger partial charge is 0.376 e. The molecular formula is C13H17ClN2O2. The Kier molecular flexibility index (Phi) is 4.42. The Bertz CT molecular complexity index is 429. The fraction of sp³-hybridized carbons (Fsp3) is 0.538. The number of hydrogen-bond acceptors (Lipinski definition) is 3. The number of nitrogens with one attached hydrogen (secondary N) is 1. The van der Waals surface area contributed by atoms with E-state index in [1.807, 2.05) is 0 Å². The molecule has 0 aliphatic heterocycles. The maximum Gasteiger partial charge on any atom is 0.293 e. The Morgan fingerprint density at radius 3 is 2.50 bits per heavy atom. The Morgan fingerprint density at radius 1 is 1.22 bits per heavy atom. The molecule has 0 aromatic heterocycles. The summed E-state index contributed by atoms with van der Waals surface area (Å²) in [7, 11) is 0. The van der Waals surface area contributed by atoms with Crippen LogP contribution in [0.25, 0.3) is 0 Å². The standard InChI is InChI=1S/C13H17ClN2O2/c14-11-8-5-9-12(16(17)18)13(11)15-10-6-3-1-2-4-7-10/h5,8-10,15H,1-4,6-7H2. The van der Waals surface area contributed by atoms with E-state index in [1.54, 1.807) is 12.1 Å². The zero-order chi connectivity index (χ0) is 13.0. The van der Waals surface area contributed by atoms with Crippen molar-refractivity contribution in [2.24, 2.45) is 0 Å².